The summed E-state index contributed by atoms with van der Waals surface area (Å²) in [6.07, 6.45) is 0.698. The van der Waals surface area contributed by atoms with E-state index in [4.69, 9.17) is 16.3 Å². The van der Waals surface area contributed by atoms with Gasteiger partial charge in [-0.3, -0.25) is 14.4 Å². The molecule has 0 bridgehead atoms. The maximum atomic E-state index is 13.1. The van der Waals surface area contributed by atoms with E-state index in [0.29, 0.717) is 35.5 Å². The van der Waals surface area contributed by atoms with Crippen molar-refractivity contribution in [3.05, 3.63) is 99.7 Å². The Morgan fingerprint density at radius 3 is 2.05 bits per heavy atom. The zero-order valence-corrected chi connectivity index (χ0v) is 21.9. The van der Waals surface area contributed by atoms with Crippen molar-refractivity contribution in [1.82, 2.24) is 0 Å². The number of hydrogen-bond acceptors (Lipinski definition) is 6. The van der Waals surface area contributed by atoms with Gasteiger partial charge >= 0.3 is 5.97 Å². The van der Waals surface area contributed by atoms with Crippen molar-refractivity contribution in [1.29, 1.82) is 0 Å². The Labute approximate surface area is 225 Å². The van der Waals surface area contributed by atoms with E-state index < -0.39 is 17.8 Å². The molecule has 3 aromatic carbocycles. The number of aryl methyl sites for hydroxylation is 2. The number of benzene rings is 3. The van der Waals surface area contributed by atoms with Crippen molar-refractivity contribution in [3.8, 4) is 0 Å². The zero-order valence-electron chi connectivity index (χ0n) is 21.1. The molecule has 3 aromatic rings. The average molecular weight is 532 g/mol. The van der Waals surface area contributed by atoms with Gasteiger partial charge < -0.3 is 15.4 Å². The van der Waals surface area contributed by atoms with Crippen LogP contribution in [0.25, 0.3) is 0 Å². The molecular formula is C29H26ClN3O5. The van der Waals surface area contributed by atoms with Gasteiger partial charge in [-0.15, -0.1) is 0 Å². The molecule has 1 aliphatic heterocycles. The second-order valence-electron chi connectivity index (χ2n) is 8.85. The minimum absolute atomic E-state index is 0.0875. The van der Waals surface area contributed by atoms with E-state index in [1.165, 1.54) is 24.3 Å². The molecule has 194 valence electrons. The average Bonchev–Trinajstić information content (AvgIpc) is 3.10. The summed E-state index contributed by atoms with van der Waals surface area (Å²) in [5, 5.41) is 5.49. The third-order valence-corrected chi connectivity index (χ3v) is 6.07. The number of amides is 3. The summed E-state index contributed by atoms with van der Waals surface area (Å²) in [7, 11) is 0. The Morgan fingerprint density at radius 1 is 0.842 bits per heavy atom. The normalized spacial score (nSPS) is 13.1. The minimum Gasteiger partial charge on any atom is -0.462 e. The van der Waals surface area contributed by atoms with Gasteiger partial charge in [0.05, 0.1) is 17.9 Å². The van der Waals surface area contributed by atoms with E-state index in [1.54, 1.807) is 24.3 Å². The van der Waals surface area contributed by atoms with Crippen LogP contribution < -0.4 is 15.5 Å². The highest BCUT2D eigenvalue weighted by Crippen LogP contribution is 2.30. The third-order valence-electron chi connectivity index (χ3n) is 5.72. The molecule has 0 spiro atoms. The molecule has 0 atom stereocenters. The largest absolute Gasteiger partial charge is 0.462 e. The number of rotatable bonds is 8. The molecule has 3 amide bonds. The van der Waals surface area contributed by atoms with E-state index in [0.717, 1.165) is 16.0 Å². The Balaban J connectivity index is 1.44. The summed E-state index contributed by atoms with van der Waals surface area (Å²) in [4.78, 5) is 51.5. The standard InChI is InChI=1S/C29H26ClN3O5/c1-4-13-38-29(37)20-7-11-23(12-8-20)33-27(35)24(30)25(28(33)36)31-21-9-5-19(6-10-21)26(34)32-22-15-17(2)14-18(3)16-22/h5-12,14-16,31H,4,13H2,1-3H3,(H,32,34). The predicted molar refractivity (Wildman–Crippen MR) is 146 cm³/mol. The number of hydrogen-bond donors (Lipinski definition) is 2. The van der Waals surface area contributed by atoms with Gasteiger partial charge in [-0.25, -0.2) is 9.69 Å². The third kappa shape index (κ3) is 5.76. The van der Waals surface area contributed by atoms with Gasteiger partial charge in [0, 0.05) is 16.9 Å². The Kier molecular flexibility index (Phi) is 7.93. The van der Waals surface area contributed by atoms with Gasteiger partial charge in [0.25, 0.3) is 17.7 Å². The van der Waals surface area contributed by atoms with Crippen molar-refractivity contribution in [3.63, 3.8) is 0 Å². The van der Waals surface area contributed by atoms with E-state index in [-0.39, 0.29) is 22.3 Å². The van der Waals surface area contributed by atoms with Crippen LogP contribution in [0.15, 0.2) is 77.5 Å². The minimum atomic E-state index is -0.690. The van der Waals surface area contributed by atoms with Crippen LogP contribution in [0, 0.1) is 13.8 Å². The highest BCUT2D eigenvalue weighted by atomic mass is 35.5. The number of carbonyl (C=O) groups is 4. The van der Waals surface area contributed by atoms with Crippen LogP contribution in [0.2, 0.25) is 0 Å². The Bertz CT molecular complexity index is 1430. The van der Waals surface area contributed by atoms with Crippen LogP contribution >= 0.6 is 11.6 Å². The highest BCUT2D eigenvalue weighted by Gasteiger charge is 2.39. The SMILES string of the molecule is CCCOC(=O)c1ccc(N2C(=O)C(Cl)=C(Nc3ccc(C(=O)Nc4cc(C)cc(C)c4)cc3)C2=O)cc1. The summed E-state index contributed by atoms with van der Waals surface area (Å²) >= 11 is 6.22. The smallest absolute Gasteiger partial charge is 0.338 e. The summed E-state index contributed by atoms with van der Waals surface area (Å²) in [5.41, 5.74) is 4.16. The second kappa shape index (κ2) is 11.3. The molecule has 0 aliphatic carbocycles. The number of anilines is 3. The molecule has 8 nitrogen and oxygen atoms in total. The molecule has 9 heteroatoms. The molecule has 1 aliphatic rings. The van der Waals surface area contributed by atoms with Gasteiger partial charge in [0.15, 0.2) is 0 Å². The molecule has 0 saturated heterocycles. The molecule has 0 radical (unpaired) electrons. The van der Waals surface area contributed by atoms with Gasteiger partial charge in [0.1, 0.15) is 10.7 Å². The zero-order chi connectivity index (χ0) is 27.4. The van der Waals surface area contributed by atoms with Gasteiger partial charge in [-0.1, -0.05) is 24.6 Å². The lowest BCUT2D eigenvalue weighted by molar-refractivity contribution is -0.120. The van der Waals surface area contributed by atoms with Crippen LogP contribution in [-0.2, 0) is 14.3 Å². The summed E-state index contributed by atoms with van der Waals surface area (Å²) in [6, 6.07) is 18.1. The quantitative estimate of drug-likeness (QED) is 0.291. The van der Waals surface area contributed by atoms with Crippen molar-refractivity contribution < 1.29 is 23.9 Å². The highest BCUT2D eigenvalue weighted by molar-refractivity contribution is 6.53. The summed E-state index contributed by atoms with van der Waals surface area (Å²) in [5.74, 6) is -2.09. The number of nitrogens with zero attached hydrogens (tertiary/aromatic N) is 1. The number of nitrogens with one attached hydrogen (secondary N) is 2. The van der Waals surface area contributed by atoms with Crippen LogP contribution in [0.3, 0.4) is 0 Å². The van der Waals surface area contributed by atoms with Crippen LogP contribution in [0.5, 0.6) is 0 Å². The fraction of sp³-hybridized carbons (Fsp3) is 0.172. The molecule has 2 N–H and O–H groups in total. The molecule has 0 aromatic heterocycles. The van der Waals surface area contributed by atoms with Crippen LogP contribution in [-0.4, -0.2) is 30.3 Å². The monoisotopic (exact) mass is 531 g/mol. The summed E-state index contributed by atoms with van der Waals surface area (Å²) in [6.45, 7) is 6.11. The molecule has 0 unspecified atom stereocenters. The fourth-order valence-corrected chi connectivity index (χ4v) is 4.18. The van der Waals surface area contributed by atoms with Crippen LogP contribution in [0.4, 0.5) is 17.1 Å². The fourth-order valence-electron chi connectivity index (χ4n) is 3.97. The number of imide groups is 1. The van der Waals surface area contributed by atoms with Crippen molar-refractivity contribution in [2.75, 3.05) is 22.1 Å². The maximum Gasteiger partial charge on any atom is 0.338 e. The number of esters is 1. The Morgan fingerprint density at radius 2 is 1.45 bits per heavy atom. The first kappa shape index (κ1) is 26.6. The first-order valence-corrected chi connectivity index (χ1v) is 12.4. The molecule has 0 fully saturated rings. The first-order valence-electron chi connectivity index (χ1n) is 12.0. The topological polar surface area (TPSA) is 105 Å². The second-order valence-corrected chi connectivity index (χ2v) is 9.23. The lowest BCUT2D eigenvalue weighted by Crippen LogP contribution is -2.32. The number of ether oxygens (including phenoxy) is 1. The van der Waals surface area contributed by atoms with Gasteiger partial charge in [-0.05, 0) is 92.1 Å². The maximum absolute atomic E-state index is 13.1. The number of carbonyl (C=O) groups excluding carboxylic acids is 4. The summed E-state index contributed by atoms with van der Waals surface area (Å²) < 4.78 is 5.10. The molecule has 38 heavy (non-hydrogen) atoms. The molecular weight excluding hydrogens is 506 g/mol. The van der Waals surface area contributed by atoms with E-state index in [1.807, 2.05) is 39.0 Å². The molecule has 0 saturated carbocycles. The molecule has 4 rings (SSSR count). The first-order chi connectivity index (χ1) is 18.2. The van der Waals surface area contributed by atoms with E-state index in [9.17, 15) is 19.2 Å². The van der Waals surface area contributed by atoms with Gasteiger partial charge in [-0.2, -0.15) is 0 Å². The molecule has 1 heterocycles. The van der Waals surface area contributed by atoms with Crippen molar-refractivity contribution >= 4 is 52.4 Å². The number of halogens is 1. The predicted octanol–water partition coefficient (Wildman–Crippen LogP) is 5.56. The van der Waals surface area contributed by atoms with Crippen LogP contribution in [0.1, 0.15) is 45.2 Å². The lowest BCUT2D eigenvalue weighted by atomic mass is 10.1. The van der Waals surface area contributed by atoms with Crippen molar-refractivity contribution in [2.45, 2.75) is 27.2 Å². The van der Waals surface area contributed by atoms with E-state index >= 15 is 0 Å². The van der Waals surface area contributed by atoms with E-state index in [2.05, 4.69) is 10.6 Å². The lowest BCUT2D eigenvalue weighted by Gasteiger charge is -2.15. The Hall–Kier alpha value is -4.43. The van der Waals surface area contributed by atoms with Crippen molar-refractivity contribution in [2.24, 2.45) is 0 Å². The van der Waals surface area contributed by atoms with Gasteiger partial charge in [0.2, 0.25) is 0 Å².